The van der Waals surface area contributed by atoms with Gasteiger partial charge in [-0.15, -0.1) is 0 Å². The summed E-state index contributed by atoms with van der Waals surface area (Å²) in [6.45, 7) is 2.85. The first-order valence-corrected chi connectivity index (χ1v) is 12.5. The van der Waals surface area contributed by atoms with Crippen LogP contribution in [0.5, 0.6) is 5.75 Å². The maximum atomic E-state index is 12.2. The highest BCUT2D eigenvalue weighted by Crippen LogP contribution is 2.27. The van der Waals surface area contributed by atoms with Crippen LogP contribution >= 0.6 is 0 Å². The van der Waals surface area contributed by atoms with E-state index in [1.54, 1.807) is 7.11 Å². The molecule has 8 heteroatoms. The molecule has 1 heterocycles. The standard InChI is InChI=1S/C24H32N4O3S/c1-3-4-5-9-17-25-32(29,30)26-18-16-22-23(19-12-14-21(31-2)15-13-19)28-24(27-22)20-10-7-6-8-11-20/h6-8,10-15,25-26H,3-5,9,16-18H2,1-2H3,(H,27,28). The molecule has 1 aromatic heterocycles. The molecule has 32 heavy (non-hydrogen) atoms. The molecule has 172 valence electrons. The number of nitrogens with zero attached hydrogens (tertiary/aromatic N) is 1. The summed E-state index contributed by atoms with van der Waals surface area (Å²) < 4.78 is 35.0. The molecule has 7 nitrogen and oxygen atoms in total. The van der Waals surface area contributed by atoms with E-state index in [1.165, 1.54) is 0 Å². The quantitative estimate of drug-likeness (QED) is 0.334. The molecule has 0 aliphatic rings. The zero-order valence-electron chi connectivity index (χ0n) is 18.7. The normalized spacial score (nSPS) is 11.6. The Hall–Kier alpha value is -2.68. The Labute approximate surface area is 190 Å². The molecule has 0 aliphatic carbocycles. The SMILES string of the molecule is CCCCCCNS(=O)(=O)NCCc1[nH]c(-c2ccccc2)nc1-c1ccc(OC)cc1. The van der Waals surface area contributed by atoms with Crippen LogP contribution in [0.2, 0.25) is 0 Å². The van der Waals surface area contributed by atoms with Gasteiger partial charge in [-0.1, -0.05) is 56.5 Å². The fraction of sp³-hybridized carbons (Fsp3) is 0.375. The van der Waals surface area contributed by atoms with Crippen molar-refractivity contribution in [3.63, 3.8) is 0 Å². The topological polar surface area (TPSA) is 96.1 Å². The highest BCUT2D eigenvalue weighted by molar-refractivity contribution is 7.87. The van der Waals surface area contributed by atoms with Crippen molar-refractivity contribution >= 4 is 10.2 Å². The molecule has 0 fully saturated rings. The molecule has 0 aliphatic heterocycles. The van der Waals surface area contributed by atoms with E-state index in [9.17, 15) is 8.42 Å². The van der Waals surface area contributed by atoms with E-state index in [4.69, 9.17) is 9.72 Å². The first kappa shape index (κ1) is 24.0. The van der Waals surface area contributed by atoms with E-state index < -0.39 is 10.2 Å². The molecule has 0 atom stereocenters. The van der Waals surface area contributed by atoms with Gasteiger partial charge in [0.15, 0.2) is 0 Å². The van der Waals surface area contributed by atoms with E-state index in [-0.39, 0.29) is 6.54 Å². The number of nitrogens with one attached hydrogen (secondary N) is 3. The Morgan fingerprint density at radius 1 is 0.906 bits per heavy atom. The molecule has 0 saturated carbocycles. The Bertz CT molecular complexity index is 1060. The second-order valence-electron chi connectivity index (χ2n) is 7.61. The smallest absolute Gasteiger partial charge is 0.276 e. The minimum atomic E-state index is -3.52. The van der Waals surface area contributed by atoms with Crippen LogP contribution in [0.15, 0.2) is 54.6 Å². The van der Waals surface area contributed by atoms with Crippen molar-refractivity contribution in [3.05, 3.63) is 60.3 Å². The van der Waals surface area contributed by atoms with Crippen molar-refractivity contribution in [1.82, 2.24) is 19.4 Å². The van der Waals surface area contributed by atoms with Gasteiger partial charge < -0.3 is 9.72 Å². The van der Waals surface area contributed by atoms with Gasteiger partial charge in [-0.2, -0.15) is 8.42 Å². The molecule has 3 N–H and O–H groups in total. The number of unbranched alkanes of at least 4 members (excludes halogenated alkanes) is 3. The van der Waals surface area contributed by atoms with E-state index in [1.807, 2.05) is 54.6 Å². The number of rotatable bonds is 13. The van der Waals surface area contributed by atoms with Crippen LogP contribution in [0.3, 0.4) is 0 Å². The zero-order valence-corrected chi connectivity index (χ0v) is 19.5. The summed E-state index contributed by atoms with van der Waals surface area (Å²) in [5, 5.41) is 0. The summed E-state index contributed by atoms with van der Waals surface area (Å²) in [7, 11) is -1.89. The fourth-order valence-electron chi connectivity index (χ4n) is 3.43. The van der Waals surface area contributed by atoms with Crippen LogP contribution in [-0.2, 0) is 16.6 Å². The minimum Gasteiger partial charge on any atom is -0.497 e. The number of imidazole rings is 1. The van der Waals surface area contributed by atoms with Gasteiger partial charge in [-0.3, -0.25) is 0 Å². The molecule has 0 amide bonds. The number of aromatic amines is 1. The Morgan fingerprint density at radius 3 is 2.31 bits per heavy atom. The molecule has 0 radical (unpaired) electrons. The predicted molar refractivity (Wildman–Crippen MR) is 129 cm³/mol. The van der Waals surface area contributed by atoms with Crippen LogP contribution in [0, 0.1) is 0 Å². The number of methoxy groups -OCH3 is 1. The minimum absolute atomic E-state index is 0.268. The van der Waals surface area contributed by atoms with Crippen LogP contribution < -0.4 is 14.2 Å². The van der Waals surface area contributed by atoms with Crippen LogP contribution in [0.1, 0.15) is 38.3 Å². The summed E-state index contributed by atoms with van der Waals surface area (Å²) in [5.41, 5.74) is 3.59. The van der Waals surface area contributed by atoms with Gasteiger partial charge in [0, 0.05) is 36.3 Å². The average molecular weight is 457 g/mol. The maximum Gasteiger partial charge on any atom is 0.276 e. The van der Waals surface area contributed by atoms with Gasteiger partial charge in [0.05, 0.1) is 12.8 Å². The van der Waals surface area contributed by atoms with Crippen molar-refractivity contribution in [3.8, 4) is 28.4 Å². The molecule has 0 unspecified atom stereocenters. The van der Waals surface area contributed by atoms with E-state index >= 15 is 0 Å². The van der Waals surface area contributed by atoms with Crippen molar-refractivity contribution in [2.45, 2.75) is 39.0 Å². The Kier molecular flexibility index (Phi) is 8.84. The largest absolute Gasteiger partial charge is 0.497 e. The van der Waals surface area contributed by atoms with E-state index in [0.717, 1.165) is 59.8 Å². The Balaban J connectivity index is 1.71. The first-order chi connectivity index (χ1) is 15.5. The highest BCUT2D eigenvalue weighted by atomic mass is 32.2. The molecule has 2 aromatic carbocycles. The van der Waals surface area contributed by atoms with E-state index in [2.05, 4.69) is 21.4 Å². The summed E-state index contributed by atoms with van der Waals surface area (Å²) in [6, 6.07) is 17.6. The summed E-state index contributed by atoms with van der Waals surface area (Å²) in [6.07, 6.45) is 4.60. The number of hydrogen-bond donors (Lipinski definition) is 3. The van der Waals surface area contributed by atoms with Gasteiger partial charge in [-0.25, -0.2) is 14.4 Å². The van der Waals surface area contributed by atoms with Gasteiger partial charge in [0.25, 0.3) is 10.2 Å². The van der Waals surface area contributed by atoms with Crippen LogP contribution in [0.25, 0.3) is 22.6 Å². The average Bonchev–Trinajstić information content (AvgIpc) is 3.23. The van der Waals surface area contributed by atoms with Crippen molar-refractivity contribution in [2.24, 2.45) is 0 Å². The monoisotopic (exact) mass is 456 g/mol. The van der Waals surface area contributed by atoms with Crippen molar-refractivity contribution < 1.29 is 13.2 Å². The molecular weight excluding hydrogens is 424 g/mol. The number of ether oxygens (including phenoxy) is 1. The summed E-state index contributed by atoms with van der Waals surface area (Å²) >= 11 is 0. The molecule has 0 bridgehead atoms. The lowest BCUT2D eigenvalue weighted by molar-refractivity contribution is 0.415. The molecule has 3 rings (SSSR count). The Morgan fingerprint density at radius 2 is 1.62 bits per heavy atom. The lowest BCUT2D eigenvalue weighted by Crippen LogP contribution is -2.38. The van der Waals surface area contributed by atoms with E-state index in [0.29, 0.717) is 13.0 Å². The van der Waals surface area contributed by atoms with Crippen molar-refractivity contribution in [2.75, 3.05) is 20.2 Å². The third-order valence-electron chi connectivity index (χ3n) is 5.18. The van der Waals surface area contributed by atoms with Gasteiger partial charge >= 0.3 is 0 Å². The second kappa shape index (κ2) is 11.8. The summed E-state index contributed by atoms with van der Waals surface area (Å²) in [4.78, 5) is 8.19. The highest BCUT2D eigenvalue weighted by Gasteiger charge is 2.15. The molecular formula is C24H32N4O3S. The third kappa shape index (κ3) is 6.91. The number of H-pyrrole nitrogens is 1. The maximum absolute atomic E-state index is 12.2. The number of aromatic nitrogens is 2. The lowest BCUT2D eigenvalue weighted by Gasteiger charge is -2.08. The fourth-order valence-corrected chi connectivity index (χ4v) is 4.32. The van der Waals surface area contributed by atoms with Gasteiger partial charge in [0.1, 0.15) is 11.6 Å². The second-order valence-corrected chi connectivity index (χ2v) is 9.19. The van der Waals surface area contributed by atoms with Gasteiger partial charge in [0.2, 0.25) is 0 Å². The number of benzene rings is 2. The lowest BCUT2D eigenvalue weighted by atomic mass is 10.1. The summed E-state index contributed by atoms with van der Waals surface area (Å²) in [5.74, 6) is 1.52. The van der Waals surface area contributed by atoms with Crippen LogP contribution in [0.4, 0.5) is 0 Å². The molecule has 0 saturated heterocycles. The number of hydrogen-bond acceptors (Lipinski definition) is 4. The first-order valence-electron chi connectivity index (χ1n) is 11.1. The third-order valence-corrected chi connectivity index (χ3v) is 6.35. The molecule has 0 spiro atoms. The van der Waals surface area contributed by atoms with Crippen molar-refractivity contribution in [1.29, 1.82) is 0 Å². The van der Waals surface area contributed by atoms with Gasteiger partial charge in [-0.05, 0) is 30.7 Å². The predicted octanol–water partition coefficient (Wildman–Crippen LogP) is 4.30. The zero-order chi connectivity index (χ0) is 22.8. The molecule has 3 aromatic rings. The van der Waals surface area contributed by atoms with Crippen LogP contribution in [-0.4, -0.2) is 38.6 Å².